The van der Waals surface area contributed by atoms with E-state index < -0.39 is 0 Å². The first-order valence-corrected chi connectivity index (χ1v) is 12.4. The summed E-state index contributed by atoms with van der Waals surface area (Å²) >= 11 is 0. The first kappa shape index (κ1) is 22.9. The molecule has 0 aliphatic carbocycles. The van der Waals surface area contributed by atoms with E-state index in [1.54, 1.807) is 6.33 Å². The number of nitrogens with one attached hydrogen (secondary N) is 2. The number of nitrogens with zero attached hydrogens (tertiary/aromatic N) is 6. The van der Waals surface area contributed by atoms with Crippen LogP contribution in [0.4, 0.5) is 23.1 Å². The first-order chi connectivity index (χ1) is 18.2. The van der Waals surface area contributed by atoms with E-state index in [0.717, 1.165) is 61.1 Å². The van der Waals surface area contributed by atoms with Crippen molar-refractivity contribution in [1.29, 1.82) is 0 Å². The third-order valence-electron chi connectivity index (χ3n) is 6.46. The molecule has 0 bridgehead atoms. The molecule has 0 unspecified atom stereocenters. The molecule has 4 heterocycles. The molecule has 0 saturated carbocycles. The van der Waals surface area contributed by atoms with Gasteiger partial charge in [0.25, 0.3) is 0 Å². The van der Waals surface area contributed by atoms with Crippen molar-refractivity contribution in [1.82, 2.24) is 24.9 Å². The fourth-order valence-electron chi connectivity index (χ4n) is 4.49. The van der Waals surface area contributed by atoms with E-state index in [1.807, 2.05) is 43.6 Å². The van der Waals surface area contributed by atoms with Crippen LogP contribution in [0.3, 0.4) is 0 Å². The Bertz CT molecular complexity index is 1460. The highest BCUT2D eigenvalue weighted by molar-refractivity contribution is 5.88. The normalized spacial score (nSPS) is 13.6. The van der Waals surface area contributed by atoms with E-state index in [-0.39, 0.29) is 0 Å². The molecule has 0 amide bonds. The molecule has 3 aromatic heterocycles. The minimum atomic E-state index is 0.485. The number of hydrogen-bond donors (Lipinski definition) is 2. The van der Waals surface area contributed by atoms with Crippen molar-refractivity contribution in [2.24, 2.45) is 0 Å². The van der Waals surface area contributed by atoms with Crippen molar-refractivity contribution < 1.29 is 4.74 Å². The molecule has 37 heavy (non-hydrogen) atoms. The third-order valence-corrected chi connectivity index (χ3v) is 6.46. The Morgan fingerprint density at radius 3 is 2.51 bits per heavy atom. The average molecular weight is 493 g/mol. The van der Waals surface area contributed by atoms with Gasteiger partial charge in [-0.3, -0.25) is 0 Å². The fourth-order valence-corrected chi connectivity index (χ4v) is 4.49. The molecular formula is C28H28N8O. The molecule has 9 heteroatoms. The number of benzene rings is 2. The van der Waals surface area contributed by atoms with Crippen LogP contribution in [0.2, 0.25) is 0 Å². The van der Waals surface area contributed by atoms with Crippen molar-refractivity contribution in [2.45, 2.75) is 6.54 Å². The number of fused-ring (bicyclic) bond motifs is 1. The molecule has 186 valence electrons. The predicted octanol–water partition coefficient (Wildman–Crippen LogP) is 4.63. The Morgan fingerprint density at radius 1 is 0.946 bits per heavy atom. The largest absolute Gasteiger partial charge is 0.378 e. The summed E-state index contributed by atoms with van der Waals surface area (Å²) < 4.78 is 5.46. The summed E-state index contributed by atoms with van der Waals surface area (Å²) in [5.74, 6) is 1.38. The Hall–Kier alpha value is -4.50. The maximum absolute atomic E-state index is 5.46. The van der Waals surface area contributed by atoms with Gasteiger partial charge in [-0.15, -0.1) is 0 Å². The maximum atomic E-state index is 5.46. The second-order valence-electron chi connectivity index (χ2n) is 9.01. The molecule has 1 aliphatic rings. The molecule has 1 aliphatic heterocycles. The summed E-state index contributed by atoms with van der Waals surface area (Å²) in [6.07, 6.45) is 3.49. The highest BCUT2D eigenvalue weighted by atomic mass is 16.5. The van der Waals surface area contributed by atoms with Gasteiger partial charge in [-0.1, -0.05) is 30.3 Å². The first-order valence-electron chi connectivity index (χ1n) is 12.4. The number of hydrogen-bond acceptors (Lipinski definition) is 8. The molecule has 1 saturated heterocycles. The molecule has 0 atom stereocenters. The molecule has 2 N–H and O–H groups in total. The van der Waals surface area contributed by atoms with Gasteiger partial charge < -0.3 is 24.8 Å². The monoisotopic (exact) mass is 492 g/mol. The standard InChI is InChI=1S/C28H28N8O/c1-35(18-20-5-3-2-4-6-20)24-12-7-21(17-29-24)25-26-27(31-19-30-26)34-28(33-25)32-22-8-10-23(11-9-22)36-13-15-37-16-14-36/h2-12,17,19H,13-16,18H2,1H3,(H2,30,31,32,33,34). The minimum Gasteiger partial charge on any atom is -0.378 e. The number of ether oxygens (including phenoxy) is 1. The van der Waals surface area contributed by atoms with Crippen LogP contribution in [0.5, 0.6) is 0 Å². The zero-order valence-corrected chi connectivity index (χ0v) is 20.6. The summed E-state index contributed by atoms with van der Waals surface area (Å²) in [6, 6.07) is 22.7. The van der Waals surface area contributed by atoms with Crippen molar-refractivity contribution in [2.75, 3.05) is 48.5 Å². The topological polar surface area (TPSA) is 95.1 Å². The SMILES string of the molecule is CN(Cc1ccccc1)c1ccc(-c2nc(Nc3ccc(N4CCOCC4)cc3)nc3nc[nH]c23)cn1. The fraction of sp³-hybridized carbons (Fsp3) is 0.214. The van der Waals surface area contributed by atoms with Crippen molar-refractivity contribution in [3.63, 3.8) is 0 Å². The number of imidazole rings is 1. The van der Waals surface area contributed by atoms with Crippen molar-refractivity contribution in [3.05, 3.63) is 84.8 Å². The predicted molar refractivity (Wildman–Crippen MR) is 146 cm³/mol. The van der Waals surface area contributed by atoms with E-state index in [0.29, 0.717) is 11.6 Å². The van der Waals surface area contributed by atoms with Gasteiger partial charge in [0.1, 0.15) is 17.0 Å². The Labute approximate surface area is 215 Å². The second kappa shape index (κ2) is 10.2. The lowest BCUT2D eigenvalue weighted by Crippen LogP contribution is -2.36. The van der Waals surface area contributed by atoms with Gasteiger partial charge in [0.05, 0.1) is 19.5 Å². The lowest BCUT2D eigenvalue weighted by molar-refractivity contribution is 0.122. The Kier molecular flexibility index (Phi) is 6.35. The molecule has 0 spiro atoms. The number of anilines is 4. The molecule has 2 aromatic carbocycles. The van der Waals surface area contributed by atoms with Crippen LogP contribution < -0.4 is 15.1 Å². The third kappa shape index (κ3) is 5.07. The van der Waals surface area contributed by atoms with Gasteiger partial charge >= 0.3 is 0 Å². The Balaban J connectivity index is 1.22. The smallest absolute Gasteiger partial charge is 0.229 e. The van der Waals surface area contributed by atoms with Gasteiger partial charge in [0, 0.05) is 49.8 Å². The molecular weight excluding hydrogens is 464 g/mol. The van der Waals surface area contributed by atoms with Crippen LogP contribution in [0.25, 0.3) is 22.4 Å². The molecule has 1 fully saturated rings. The van der Waals surface area contributed by atoms with Crippen LogP contribution >= 0.6 is 0 Å². The highest BCUT2D eigenvalue weighted by Gasteiger charge is 2.15. The van der Waals surface area contributed by atoms with E-state index in [2.05, 4.69) is 66.5 Å². The van der Waals surface area contributed by atoms with Gasteiger partial charge in [0.15, 0.2) is 5.65 Å². The highest BCUT2D eigenvalue weighted by Crippen LogP contribution is 2.28. The number of H-pyrrole nitrogens is 1. The summed E-state index contributed by atoms with van der Waals surface area (Å²) in [5.41, 5.74) is 6.34. The summed E-state index contributed by atoms with van der Waals surface area (Å²) in [5, 5.41) is 3.34. The van der Waals surface area contributed by atoms with Gasteiger partial charge in [-0.25, -0.2) is 15.0 Å². The Morgan fingerprint density at radius 2 is 1.76 bits per heavy atom. The maximum Gasteiger partial charge on any atom is 0.229 e. The number of pyridine rings is 1. The van der Waals surface area contributed by atoms with Crippen LogP contribution in [-0.4, -0.2) is 58.3 Å². The van der Waals surface area contributed by atoms with E-state index in [4.69, 9.17) is 14.7 Å². The summed E-state index contributed by atoms with van der Waals surface area (Å²) in [4.78, 5) is 26.1. The van der Waals surface area contributed by atoms with E-state index in [9.17, 15) is 0 Å². The lowest BCUT2D eigenvalue weighted by atomic mass is 10.2. The number of aromatic nitrogens is 5. The molecule has 5 aromatic rings. The minimum absolute atomic E-state index is 0.485. The molecule has 0 radical (unpaired) electrons. The van der Waals surface area contributed by atoms with Gasteiger partial charge in [-0.05, 0) is 42.0 Å². The number of rotatable bonds is 7. The lowest BCUT2D eigenvalue weighted by Gasteiger charge is -2.28. The average Bonchev–Trinajstić information content (AvgIpc) is 3.43. The van der Waals surface area contributed by atoms with Gasteiger partial charge in [0.2, 0.25) is 5.95 Å². The summed E-state index contributed by atoms with van der Waals surface area (Å²) in [6.45, 7) is 4.12. The van der Waals surface area contributed by atoms with Crippen LogP contribution in [0, 0.1) is 0 Å². The van der Waals surface area contributed by atoms with E-state index >= 15 is 0 Å². The van der Waals surface area contributed by atoms with Crippen LogP contribution in [0.1, 0.15) is 5.56 Å². The summed E-state index contributed by atoms with van der Waals surface area (Å²) in [7, 11) is 2.04. The van der Waals surface area contributed by atoms with Crippen molar-refractivity contribution >= 4 is 34.3 Å². The zero-order valence-electron chi connectivity index (χ0n) is 20.6. The van der Waals surface area contributed by atoms with Crippen LogP contribution in [0.15, 0.2) is 79.3 Å². The van der Waals surface area contributed by atoms with E-state index in [1.165, 1.54) is 11.3 Å². The van der Waals surface area contributed by atoms with Crippen LogP contribution in [-0.2, 0) is 11.3 Å². The zero-order chi connectivity index (χ0) is 25.0. The number of morpholine rings is 1. The second-order valence-corrected chi connectivity index (χ2v) is 9.01. The number of aromatic amines is 1. The van der Waals surface area contributed by atoms with Crippen molar-refractivity contribution in [3.8, 4) is 11.3 Å². The quantitative estimate of drug-likeness (QED) is 0.340. The molecule has 9 nitrogen and oxygen atoms in total. The molecule has 6 rings (SSSR count). The van der Waals surface area contributed by atoms with Gasteiger partial charge in [-0.2, -0.15) is 4.98 Å².